The lowest BCUT2D eigenvalue weighted by Crippen LogP contribution is -2.11. The van der Waals surface area contributed by atoms with Gasteiger partial charge in [-0.2, -0.15) is 0 Å². The number of hydrogen-bond acceptors (Lipinski definition) is 4. The molecular weight excluding hydrogens is 280 g/mol. The molecule has 0 fully saturated rings. The number of aromatic amines is 1. The molecule has 0 bridgehead atoms. The summed E-state index contributed by atoms with van der Waals surface area (Å²) in [5.41, 5.74) is 2.30. The molecule has 0 radical (unpaired) electrons. The molecule has 5 nitrogen and oxygen atoms in total. The maximum absolute atomic E-state index is 12.4. The van der Waals surface area contributed by atoms with Crippen molar-refractivity contribution in [2.75, 3.05) is 14.2 Å². The number of nitrogens with one attached hydrogen (secondary N) is 1. The molecule has 1 aromatic heterocycles. The SMILES string of the molecule is COc1cc(OC)c2c(=O)[nH]c(-c3ccc(C)cc3)nc2c1. The van der Waals surface area contributed by atoms with E-state index in [-0.39, 0.29) is 5.56 Å². The molecule has 0 aliphatic carbocycles. The molecule has 0 saturated carbocycles. The molecule has 2 aromatic carbocycles. The van der Waals surface area contributed by atoms with Gasteiger partial charge in [0, 0.05) is 17.7 Å². The van der Waals surface area contributed by atoms with Gasteiger partial charge < -0.3 is 14.5 Å². The normalized spacial score (nSPS) is 10.7. The van der Waals surface area contributed by atoms with E-state index in [1.807, 2.05) is 31.2 Å². The average Bonchev–Trinajstić information content (AvgIpc) is 2.54. The van der Waals surface area contributed by atoms with Crippen LogP contribution in [-0.2, 0) is 0 Å². The van der Waals surface area contributed by atoms with Crippen LogP contribution in [0.4, 0.5) is 0 Å². The zero-order valence-electron chi connectivity index (χ0n) is 12.6. The van der Waals surface area contributed by atoms with Crippen molar-refractivity contribution in [3.63, 3.8) is 0 Å². The number of fused-ring (bicyclic) bond motifs is 1. The zero-order chi connectivity index (χ0) is 15.7. The van der Waals surface area contributed by atoms with Gasteiger partial charge in [-0.3, -0.25) is 4.79 Å². The largest absolute Gasteiger partial charge is 0.497 e. The summed E-state index contributed by atoms with van der Waals surface area (Å²) in [6.07, 6.45) is 0. The van der Waals surface area contributed by atoms with E-state index in [4.69, 9.17) is 9.47 Å². The summed E-state index contributed by atoms with van der Waals surface area (Å²) in [7, 11) is 3.08. The van der Waals surface area contributed by atoms with Crippen molar-refractivity contribution < 1.29 is 9.47 Å². The number of hydrogen-bond donors (Lipinski definition) is 1. The summed E-state index contributed by atoms with van der Waals surface area (Å²) in [5.74, 6) is 1.56. The number of H-pyrrole nitrogens is 1. The second kappa shape index (κ2) is 5.52. The molecule has 22 heavy (non-hydrogen) atoms. The molecule has 0 aliphatic rings. The van der Waals surface area contributed by atoms with Crippen molar-refractivity contribution in [1.29, 1.82) is 0 Å². The van der Waals surface area contributed by atoms with Crippen molar-refractivity contribution in [3.8, 4) is 22.9 Å². The number of aromatic nitrogens is 2. The number of nitrogens with zero attached hydrogens (tertiary/aromatic N) is 1. The van der Waals surface area contributed by atoms with Crippen LogP contribution in [0.3, 0.4) is 0 Å². The first-order valence-corrected chi connectivity index (χ1v) is 6.85. The lowest BCUT2D eigenvalue weighted by atomic mass is 10.1. The molecule has 112 valence electrons. The lowest BCUT2D eigenvalue weighted by molar-refractivity contribution is 0.397. The Hall–Kier alpha value is -2.82. The average molecular weight is 296 g/mol. The Morgan fingerprint density at radius 1 is 1.05 bits per heavy atom. The van der Waals surface area contributed by atoms with Crippen LogP contribution >= 0.6 is 0 Å². The molecule has 0 aliphatic heterocycles. The van der Waals surface area contributed by atoms with E-state index >= 15 is 0 Å². The van der Waals surface area contributed by atoms with E-state index in [0.717, 1.165) is 11.1 Å². The summed E-state index contributed by atoms with van der Waals surface area (Å²) in [6, 6.07) is 11.2. The Kier molecular flexibility index (Phi) is 3.55. The second-order valence-corrected chi connectivity index (χ2v) is 5.00. The van der Waals surface area contributed by atoms with Crippen LogP contribution in [0.25, 0.3) is 22.3 Å². The predicted octanol–water partition coefficient (Wildman–Crippen LogP) is 2.92. The molecular formula is C17H16N2O3. The minimum Gasteiger partial charge on any atom is -0.497 e. The smallest absolute Gasteiger partial charge is 0.262 e. The summed E-state index contributed by atoms with van der Waals surface area (Å²) in [6.45, 7) is 2.01. The topological polar surface area (TPSA) is 64.2 Å². The van der Waals surface area contributed by atoms with E-state index in [1.54, 1.807) is 19.2 Å². The molecule has 3 aromatic rings. The number of rotatable bonds is 3. The van der Waals surface area contributed by atoms with E-state index < -0.39 is 0 Å². The minimum absolute atomic E-state index is 0.236. The van der Waals surface area contributed by atoms with E-state index in [0.29, 0.717) is 28.2 Å². The third-order valence-electron chi connectivity index (χ3n) is 3.53. The van der Waals surface area contributed by atoms with Gasteiger partial charge in [0.25, 0.3) is 5.56 Å². The Labute approximate surface area is 127 Å². The molecule has 0 unspecified atom stereocenters. The Bertz CT molecular complexity index is 883. The first-order chi connectivity index (χ1) is 10.6. The summed E-state index contributed by atoms with van der Waals surface area (Å²) in [4.78, 5) is 19.8. The third kappa shape index (κ3) is 2.41. The highest BCUT2D eigenvalue weighted by molar-refractivity contribution is 5.87. The van der Waals surface area contributed by atoms with Crippen molar-refractivity contribution in [2.45, 2.75) is 6.92 Å². The van der Waals surface area contributed by atoms with Gasteiger partial charge in [0.1, 0.15) is 22.7 Å². The fraction of sp³-hybridized carbons (Fsp3) is 0.176. The molecule has 0 saturated heterocycles. The number of methoxy groups -OCH3 is 2. The number of benzene rings is 2. The van der Waals surface area contributed by atoms with Crippen LogP contribution in [-0.4, -0.2) is 24.2 Å². The predicted molar refractivity (Wildman–Crippen MR) is 85.6 cm³/mol. The highest BCUT2D eigenvalue weighted by Crippen LogP contribution is 2.28. The highest BCUT2D eigenvalue weighted by atomic mass is 16.5. The highest BCUT2D eigenvalue weighted by Gasteiger charge is 2.12. The van der Waals surface area contributed by atoms with Crippen LogP contribution in [0.15, 0.2) is 41.2 Å². The van der Waals surface area contributed by atoms with Gasteiger partial charge in [-0.1, -0.05) is 29.8 Å². The zero-order valence-corrected chi connectivity index (χ0v) is 12.6. The summed E-state index contributed by atoms with van der Waals surface area (Å²) < 4.78 is 10.5. The van der Waals surface area contributed by atoms with Crippen molar-refractivity contribution >= 4 is 10.9 Å². The third-order valence-corrected chi connectivity index (χ3v) is 3.53. The second-order valence-electron chi connectivity index (χ2n) is 5.00. The quantitative estimate of drug-likeness (QED) is 0.807. The molecule has 0 spiro atoms. The van der Waals surface area contributed by atoms with Crippen molar-refractivity contribution in [1.82, 2.24) is 9.97 Å². The Balaban J connectivity index is 2.27. The van der Waals surface area contributed by atoms with Gasteiger partial charge in [0.05, 0.1) is 19.7 Å². The van der Waals surface area contributed by atoms with Crippen LogP contribution < -0.4 is 15.0 Å². The fourth-order valence-electron chi connectivity index (χ4n) is 2.34. The fourth-order valence-corrected chi connectivity index (χ4v) is 2.34. The Morgan fingerprint density at radius 3 is 2.41 bits per heavy atom. The van der Waals surface area contributed by atoms with Crippen LogP contribution in [0.1, 0.15) is 5.56 Å². The Morgan fingerprint density at radius 2 is 1.77 bits per heavy atom. The minimum atomic E-state index is -0.236. The molecule has 0 amide bonds. The van der Waals surface area contributed by atoms with Crippen molar-refractivity contribution in [2.24, 2.45) is 0 Å². The van der Waals surface area contributed by atoms with Gasteiger partial charge in [-0.15, -0.1) is 0 Å². The molecule has 1 heterocycles. The van der Waals surface area contributed by atoms with Gasteiger partial charge in [0.2, 0.25) is 0 Å². The molecule has 3 rings (SSSR count). The first-order valence-electron chi connectivity index (χ1n) is 6.85. The maximum Gasteiger partial charge on any atom is 0.262 e. The van der Waals surface area contributed by atoms with Crippen LogP contribution in [0.5, 0.6) is 11.5 Å². The number of aryl methyl sites for hydroxylation is 1. The van der Waals surface area contributed by atoms with Crippen LogP contribution in [0.2, 0.25) is 0 Å². The monoisotopic (exact) mass is 296 g/mol. The first kappa shape index (κ1) is 14.1. The van der Waals surface area contributed by atoms with E-state index in [2.05, 4.69) is 9.97 Å². The summed E-state index contributed by atoms with van der Waals surface area (Å²) >= 11 is 0. The standard InChI is InChI=1S/C17H16N2O3/c1-10-4-6-11(7-5-10)16-18-13-8-12(21-2)9-14(22-3)15(13)17(20)19-16/h4-9H,1-3H3,(H,18,19,20). The van der Waals surface area contributed by atoms with E-state index in [1.165, 1.54) is 7.11 Å². The lowest BCUT2D eigenvalue weighted by Gasteiger charge is -2.09. The van der Waals surface area contributed by atoms with Crippen molar-refractivity contribution in [3.05, 3.63) is 52.3 Å². The maximum atomic E-state index is 12.4. The van der Waals surface area contributed by atoms with Gasteiger partial charge in [0.15, 0.2) is 0 Å². The van der Waals surface area contributed by atoms with Gasteiger partial charge in [-0.25, -0.2) is 4.98 Å². The van der Waals surface area contributed by atoms with Gasteiger partial charge >= 0.3 is 0 Å². The molecule has 1 N–H and O–H groups in total. The van der Waals surface area contributed by atoms with Crippen LogP contribution in [0, 0.1) is 6.92 Å². The van der Waals surface area contributed by atoms with E-state index in [9.17, 15) is 4.79 Å². The number of ether oxygens (including phenoxy) is 2. The molecule has 0 atom stereocenters. The van der Waals surface area contributed by atoms with Gasteiger partial charge in [-0.05, 0) is 6.92 Å². The molecule has 5 heteroatoms. The summed E-state index contributed by atoms with van der Waals surface area (Å²) in [5, 5.41) is 0.416.